The van der Waals surface area contributed by atoms with Crippen molar-refractivity contribution < 1.29 is 43.9 Å². The smallest absolute Gasteiger partial charge is 0.302 e. The first-order valence-electron chi connectivity index (χ1n) is 21.8. The van der Waals surface area contributed by atoms with Crippen LogP contribution in [-0.2, 0) is 14.3 Å². The fourth-order valence-electron chi connectivity index (χ4n) is 8.86. The second-order valence-electron chi connectivity index (χ2n) is 17.9. The van der Waals surface area contributed by atoms with Gasteiger partial charge in [0.2, 0.25) is 10.9 Å². The third-order valence-electron chi connectivity index (χ3n) is 13.4. The van der Waals surface area contributed by atoms with Gasteiger partial charge in [0.25, 0.3) is 5.91 Å². The fraction of sp³-hybridized carbons (Fsp3) is 0.490. The maximum atomic E-state index is 14.6. The number of aliphatic hydroxyl groups excluding tert-OH is 3. The van der Waals surface area contributed by atoms with E-state index >= 15 is 0 Å². The highest BCUT2D eigenvalue weighted by Gasteiger charge is 2.38. The van der Waals surface area contributed by atoms with E-state index in [0.29, 0.717) is 11.6 Å². The Bertz CT molecular complexity index is 2700. The standard InChI is InChI=1S/C49H61N3O11/c1-12-23(3)26(6)46(62-31(11)53)28(8)42(56)27(7)41(55)24(4)14-13-15-25(5)49(60)51-40-45(59)36-35(37-44(58)30(10)61-47(37)29(9)43(36)57)39-48(40)63-34-21-32(20-33(54)38(34)50-39)52-18-16-22(2)17-19-52/h12-15,20-24,26-28,30,41-42,46,55-58H,1,16-19H2,2-11H3,(H,51,60)/b14-13+,25-15-/t23-,24-,26+,27+,28+,30-,41-,42+,46+/m0/s1. The van der Waals surface area contributed by atoms with Crippen molar-refractivity contribution in [1.82, 2.24) is 4.98 Å². The van der Waals surface area contributed by atoms with E-state index in [2.05, 4.69) is 23.7 Å². The number of rotatable bonds is 14. The maximum Gasteiger partial charge on any atom is 0.302 e. The molecule has 1 aromatic heterocycles. The van der Waals surface area contributed by atoms with Crippen molar-refractivity contribution in [3.8, 4) is 11.5 Å². The van der Waals surface area contributed by atoms with Crippen LogP contribution in [0.2, 0.25) is 0 Å². The molecule has 338 valence electrons. The summed E-state index contributed by atoms with van der Waals surface area (Å²) < 4.78 is 17.9. The summed E-state index contributed by atoms with van der Waals surface area (Å²) in [5, 5.41) is 48.1. The Morgan fingerprint density at radius 1 is 0.952 bits per heavy atom. The number of allylic oxidation sites excluding steroid dienone is 3. The molecule has 1 amide bonds. The highest BCUT2D eigenvalue weighted by molar-refractivity contribution is 6.16. The lowest BCUT2D eigenvalue weighted by Crippen LogP contribution is -2.45. The van der Waals surface area contributed by atoms with Crippen LogP contribution in [0.4, 0.5) is 11.4 Å². The molecular weight excluding hydrogens is 807 g/mol. The number of hydrogen-bond acceptors (Lipinski definition) is 13. The van der Waals surface area contributed by atoms with Gasteiger partial charge < -0.3 is 44.5 Å². The molecule has 2 aliphatic heterocycles. The number of anilines is 2. The van der Waals surface area contributed by atoms with Gasteiger partial charge in [-0.15, -0.1) is 6.58 Å². The lowest BCUT2D eigenvalue weighted by Gasteiger charge is -2.37. The number of ether oxygens (including phenoxy) is 2. The number of nitrogens with one attached hydrogen (secondary N) is 1. The minimum atomic E-state index is -1.03. The number of nitrogens with zero attached hydrogens (tertiary/aromatic N) is 2. The van der Waals surface area contributed by atoms with Gasteiger partial charge in [0.1, 0.15) is 34.6 Å². The molecule has 0 radical (unpaired) electrons. The molecule has 1 fully saturated rings. The SMILES string of the molecule is C=C[C@H](C)[C@@H](C)[C@@H](OC(C)=O)[C@H](C)[C@H](O)[C@H](C)[C@@H](O)[C@@H](C)/C=C/C=C(/C)C(=O)Nc1c(=O)c2c(O)c(C)c3c(c2c2nc4c(=O)cc(N5CCC(C)CC5)cc4oc12)=C(O)[C@H](C)O3. The molecule has 6 rings (SSSR count). The van der Waals surface area contributed by atoms with Gasteiger partial charge in [-0.05, 0) is 51.4 Å². The molecule has 9 atom stereocenters. The Morgan fingerprint density at radius 2 is 1.62 bits per heavy atom. The first-order valence-corrected chi connectivity index (χ1v) is 21.8. The maximum absolute atomic E-state index is 14.6. The molecule has 0 spiro atoms. The Morgan fingerprint density at radius 3 is 2.25 bits per heavy atom. The number of piperidine rings is 1. The molecule has 63 heavy (non-hydrogen) atoms. The van der Waals surface area contributed by atoms with E-state index in [1.165, 1.54) is 26.0 Å². The minimum absolute atomic E-state index is 0.00211. The number of aromatic hydroxyl groups is 1. The van der Waals surface area contributed by atoms with Crippen molar-refractivity contribution in [3.63, 3.8) is 0 Å². The van der Waals surface area contributed by atoms with Crippen LogP contribution in [0.1, 0.15) is 80.7 Å². The number of benzene rings is 3. The van der Waals surface area contributed by atoms with Crippen LogP contribution in [0.25, 0.3) is 38.7 Å². The summed E-state index contributed by atoms with van der Waals surface area (Å²) >= 11 is 0. The molecule has 3 aromatic carbocycles. The highest BCUT2D eigenvalue weighted by Crippen LogP contribution is 2.39. The zero-order valence-electron chi connectivity index (χ0n) is 37.8. The molecule has 0 bridgehead atoms. The molecule has 0 aliphatic carbocycles. The average Bonchev–Trinajstić information content (AvgIpc) is 3.56. The predicted octanol–water partition coefficient (Wildman–Crippen LogP) is 6.73. The van der Waals surface area contributed by atoms with Crippen LogP contribution < -0.4 is 31.0 Å². The number of aromatic nitrogens is 1. The van der Waals surface area contributed by atoms with E-state index < -0.39 is 70.7 Å². The van der Waals surface area contributed by atoms with E-state index in [-0.39, 0.29) is 78.4 Å². The molecule has 4 aromatic rings. The summed E-state index contributed by atoms with van der Waals surface area (Å²) in [6.07, 6.45) is 4.99. The summed E-state index contributed by atoms with van der Waals surface area (Å²) in [7, 11) is 0. The van der Waals surface area contributed by atoms with Gasteiger partial charge in [-0.3, -0.25) is 19.2 Å². The molecule has 5 N–H and O–H groups in total. The topological polar surface area (TPSA) is 209 Å². The summed E-state index contributed by atoms with van der Waals surface area (Å²) in [6.45, 7) is 22.7. The number of esters is 1. The molecule has 0 unspecified atom stereocenters. The fourth-order valence-corrected chi connectivity index (χ4v) is 8.86. The van der Waals surface area contributed by atoms with Crippen molar-refractivity contribution in [2.45, 2.75) is 106 Å². The Hall–Kier alpha value is -5.73. The Labute approximate surface area is 366 Å². The molecule has 0 saturated carbocycles. The first-order chi connectivity index (χ1) is 29.7. The van der Waals surface area contributed by atoms with E-state index in [9.17, 15) is 39.6 Å². The molecule has 14 nitrogen and oxygen atoms in total. The van der Waals surface area contributed by atoms with Gasteiger partial charge in [-0.25, -0.2) is 4.98 Å². The number of phenolic OH excluding ortho intramolecular Hbond substituents is 1. The zero-order valence-corrected chi connectivity index (χ0v) is 37.8. The lowest BCUT2D eigenvalue weighted by molar-refractivity contribution is -0.158. The molecule has 14 heteroatoms. The summed E-state index contributed by atoms with van der Waals surface area (Å²) in [6, 6.07) is 3.19. The number of fused-ring (bicyclic) bond motifs is 6. The minimum Gasteiger partial charge on any atom is -0.508 e. The Balaban J connectivity index is 1.35. The number of amides is 1. The summed E-state index contributed by atoms with van der Waals surface area (Å²) in [4.78, 5) is 61.0. The van der Waals surface area contributed by atoms with Crippen molar-refractivity contribution in [3.05, 3.63) is 79.8 Å². The van der Waals surface area contributed by atoms with Gasteiger partial charge in [0.05, 0.1) is 22.8 Å². The van der Waals surface area contributed by atoms with E-state index in [1.807, 2.05) is 13.8 Å². The van der Waals surface area contributed by atoms with Crippen LogP contribution >= 0.6 is 0 Å². The van der Waals surface area contributed by atoms with Crippen LogP contribution in [0.3, 0.4) is 0 Å². The van der Waals surface area contributed by atoms with E-state index in [4.69, 9.17) is 18.9 Å². The number of carbonyl (C=O) groups excluding carboxylic acids is 2. The molecule has 1 saturated heterocycles. The normalized spacial score (nSPS) is 19.9. The summed E-state index contributed by atoms with van der Waals surface area (Å²) in [5.41, 5.74) is -0.722. The van der Waals surface area contributed by atoms with Crippen LogP contribution in [-0.4, -0.2) is 74.8 Å². The number of hydrogen-bond donors (Lipinski definition) is 5. The van der Waals surface area contributed by atoms with Gasteiger partial charge >= 0.3 is 5.97 Å². The van der Waals surface area contributed by atoms with Crippen LogP contribution in [0, 0.1) is 42.4 Å². The highest BCUT2D eigenvalue weighted by atomic mass is 16.5. The second kappa shape index (κ2) is 18.5. The molecule has 3 heterocycles. The number of aliphatic hydroxyl groups is 3. The lowest BCUT2D eigenvalue weighted by atomic mass is 9.77. The average molecular weight is 868 g/mol. The molecular formula is C49H61N3O11. The van der Waals surface area contributed by atoms with Crippen molar-refractivity contribution >= 4 is 62.0 Å². The van der Waals surface area contributed by atoms with Crippen molar-refractivity contribution in [2.24, 2.45) is 35.5 Å². The number of carbonyl (C=O) groups is 2. The summed E-state index contributed by atoms with van der Waals surface area (Å²) in [5.74, 6) is -2.85. The van der Waals surface area contributed by atoms with Gasteiger partial charge in [0, 0.05) is 72.1 Å². The second-order valence-corrected chi connectivity index (χ2v) is 17.9. The van der Waals surface area contributed by atoms with Crippen LogP contribution in [0.5, 0.6) is 11.5 Å². The Kier molecular flexibility index (Phi) is 13.8. The van der Waals surface area contributed by atoms with Gasteiger partial charge in [-0.2, -0.15) is 0 Å². The first kappa shape index (κ1) is 46.8. The van der Waals surface area contributed by atoms with Crippen molar-refractivity contribution in [2.75, 3.05) is 23.3 Å². The van der Waals surface area contributed by atoms with Crippen LogP contribution in [0.15, 0.2) is 62.6 Å². The third kappa shape index (κ3) is 8.92. The van der Waals surface area contributed by atoms with E-state index in [0.717, 1.165) is 25.9 Å². The largest absolute Gasteiger partial charge is 0.508 e. The van der Waals surface area contributed by atoms with Gasteiger partial charge in [-0.1, -0.05) is 65.8 Å². The predicted molar refractivity (Wildman–Crippen MR) is 245 cm³/mol. The zero-order chi connectivity index (χ0) is 46.3. The van der Waals surface area contributed by atoms with E-state index in [1.54, 1.807) is 58.9 Å². The van der Waals surface area contributed by atoms with Gasteiger partial charge in [0.15, 0.2) is 22.8 Å². The quantitative estimate of drug-likeness (QED) is 0.0223. The monoisotopic (exact) mass is 867 g/mol. The number of phenols is 1. The third-order valence-corrected chi connectivity index (χ3v) is 13.4. The van der Waals surface area contributed by atoms with Crippen molar-refractivity contribution in [1.29, 1.82) is 0 Å². The molecule has 2 aliphatic rings.